The number of carbonyl (C=O) groups excluding carboxylic acids is 2. The molecule has 2 aliphatic heterocycles. The van der Waals surface area contributed by atoms with Gasteiger partial charge in [0.05, 0.1) is 39.8 Å². The summed E-state index contributed by atoms with van der Waals surface area (Å²) in [7, 11) is 0. The highest BCUT2D eigenvalue weighted by atomic mass is 16.2. The highest BCUT2D eigenvalue weighted by Gasteiger charge is 2.46. The first-order chi connectivity index (χ1) is 24.4. The van der Waals surface area contributed by atoms with Crippen molar-refractivity contribution in [3.63, 3.8) is 0 Å². The third kappa shape index (κ3) is 5.78. The summed E-state index contributed by atoms with van der Waals surface area (Å²) in [5, 5.41) is 0. The average Bonchev–Trinajstić information content (AvgIpc) is 3.46. The molecule has 51 heavy (non-hydrogen) atoms. The first kappa shape index (κ1) is 33.2. The molecule has 2 aromatic carbocycles. The van der Waals surface area contributed by atoms with E-state index in [2.05, 4.69) is 39.9 Å². The fourth-order valence-electron chi connectivity index (χ4n) is 6.39. The Kier molecular flexibility index (Phi) is 8.17. The fourth-order valence-corrected chi connectivity index (χ4v) is 6.39. The monoisotopic (exact) mass is 676 g/mol. The fraction of sp³-hybridized carbons (Fsp3) is 0.231. The van der Waals surface area contributed by atoms with E-state index in [0.29, 0.717) is 11.6 Å². The van der Waals surface area contributed by atoms with Crippen molar-refractivity contribution in [2.75, 3.05) is 9.80 Å². The maximum atomic E-state index is 13.2. The maximum absolute atomic E-state index is 13.2. The van der Waals surface area contributed by atoms with Gasteiger partial charge in [0.15, 0.2) is 0 Å². The first-order valence-corrected chi connectivity index (χ1v) is 16.5. The van der Waals surface area contributed by atoms with Crippen molar-refractivity contribution in [3.8, 4) is 22.3 Å². The summed E-state index contributed by atoms with van der Waals surface area (Å²) in [6.45, 7) is 13.3. The second-order valence-electron chi connectivity index (χ2n) is 13.6. The van der Waals surface area contributed by atoms with Crippen molar-refractivity contribution in [2.24, 2.45) is 0 Å². The van der Waals surface area contributed by atoms with E-state index < -0.39 is 10.8 Å². The van der Waals surface area contributed by atoms with Crippen LogP contribution in [0.25, 0.3) is 22.3 Å². The lowest BCUT2D eigenvalue weighted by molar-refractivity contribution is -0.122. The lowest BCUT2D eigenvalue weighted by atomic mass is 9.85. The number of carbonyl (C=O) groups is 2. The van der Waals surface area contributed by atoms with Crippen LogP contribution in [-0.2, 0) is 20.4 Å². The minimum atomic E-state index is -0.628. The van der Waals surface area contributed by atoms with Crippen LogP contribution in [-0.4, -0.2) is 51.7 Å². The van der Waals surface area contributed by atoms with Crippen LogP contribution in [0.15, 0.2) is 92.2 Å². The number of hydrogen-bond acceptors (Lipinski definition) is 10. The molecule has 0 fully saturated rings. The standard InChI is InChI=1S/C20H19N5O.C19H17N5O/c1-12-18(10-21-11-24-12)25-17-7-14(15-8-22-13(2)23-9-15)5-6-16(17)20(3,4)19(25)26;1-12-22-10-14(11-23-12)13-5-6-15-16(9-13)24(17(25)19(15,2)3)18-20-7-4-8-21-18/h5-11H,1-4H3;4-11H,1-3H3. The lowest BCUT2D eigenvalue weighted by Crippen LogP contribution is -2.34. The quantitative estimate of drug-likeness (QED) is 0.198. The van der Waals surface area contributed by atoms with Gasteiger partial charge in [0.2, 0.25) is 17.8 Å². The molecule has 0 unspecified atom stereocenters. The van der Waals surface area contributed by atoms with Gasteiger partial charge in [-0.05, 0) is 88.9 Å². The Morgan fingerprint density at radius 3 is 1.49 bits per heavy atom. The average molecular weight is 677 g/mol. The molecule has 4 aromatic heterocycles. The Hall–Kier alpha value is -6.30. The number of nitrogens with zero attached hydrogens (tertiary/aromatic N) is 10. The van der Waals surface area contributed by atoms with Gasteiger partial charge < -0.3 is 0 Å². The van der Waals surface area contributed by atoms with Crippen molar-refractivity contribution in [2.45, 2.75) is 59.3 Å². The molecule has 2 amide bonds. The highest BCUT2D eigenvalue weighted by molar-refractivity contribution is 6.13. The Labute approximate surface area is 295 Å². The molecule has 6 aromatic rings. The largest absolute Gasteiger partial charge is 0.277 e. The summed E-state index contributed by atoms with van der Waals surface area (Å²) in [5.41, 5.74) is 7.58. The van der Waals surface area contributed by atoms with E-state index in [1.54, 1.807) is 59.2 Å². The lowest BCUT2D eigenvalue weighted by Gasteiger charge is -2.21. The second-order valence-corrected chi connectivity index (χ2v) is 13.6. The molecule has 0 saturated heterocycles. The van der Waals surface area contributed by atoms with Crippen molar-refractivity contribution >= 4 is 34.8 Å². The highest BCUT2D eigenvalue weighted by Crippen LogP contribution is 2.48. The normalized spacial score (nSPS) is 15.3. The number of aryl methyl sites for hydroxylation is 3. The molecule has 12 heteroatoms. The van der Waals surface area contributed by atoms with Crippen LogP contribution in [0, 0.1) is 20.8 Å². The van der Waals surface area contributed by atoms with Crippen LogP contribution in [0.1, 0.15) is 56.2 Å². The summed E-state index contributed by atoms with van der Waals surface area (Å²) in [5.74, 6) is 1.82. The Bertz CT molecular complexity index is 2290. The van der Waals surface area contributed by atoms with Crippen molar-refractivity contribution in [3.05, 3.63) is 121 Å². The van der Waals surface area contributed by atoms with E-state index in [1.807, 2.05) is 84.9 Å². The van der Waals surface area contributed by atoms with Crippen molar-refractivity contribution in [1.82, 2.24) is 39.9 Å². The van der Waals surface area contributed by atoms with Crippen LogP contribution >= 0.6 is 0 Å². The molecule has 6 heterocycles. The van der Waals surface area contributed by atoms with Gasteiger partial charge in [0.1, 0.15) is 18.0 Å². The van der Waals surface area contributed by atoms with Crippen molar-refractivity contribution in [1.29, 1.82) is 0 Å². The second kappa shape index (κ2) is 12.5. The van der Waals surface area contributed by atoms with Gasteiger partial charge in [-0.2, -0.15) is 0 Å². The van der Waals surface area contributed by atoms with Crippen LogP contribution in [0.3, 0.4) is 0 Å². The SMILES string of the molecule is Cc1ncc(-c2ccc3c(c2)N(c2cncnc2C)C(=O)C3(C)C)cn1.Cc1ncc(-c2ccc3c(c2)N(c2ncccn2)C(=O)C3(C)C)cn1. The molecule has 0 bridgehead atoms. The number of benzene rings is 2. The van der Waals surface area contributed by atoms with E-state index >= 15 is 0 Å². The molecule has 0 radical (unpaired) electrons. The van der Waals surface area contributed by atoms with E-state index in [4.69, 9.17) is 0 Å². The zero-order valence-electron chi connectivity index (χ0n) is 29.4. The van der Waals surface area contributed by atoms with Gasteiger partial charge >= 0.3 is 0 Å². The number of rotatable bonds is 4. The Morgan fingerprint density at radius 2 is 1.00 bits per heavy atom. The topological polar surface area (TPSA) is 144 Å². The minimum Gasteiger partial charge on any atom is -0.277 e. The van der Waals surface area contributed by atoms with Crippen molar-refractivity contribution < 1.29 is 9.59 Å². The summed E-state index contributed by atoms with van der Waals surface area (Å²) in [6.07, 6.45) is 13.6. The summed E-state index contributed by atoms with van der Waals surface area (Å²) in [6, 6.07) is 13.7. The van der Waals surface area contributed by atoms with Crippen LogP contribution in [0.4, 0.5) is 23.0 Å². The molecule has 0 N–H and O–H groups in total. The van der Waals surface area contributed by atoms with Gasteiger partial charge in [0, 0.05) is 48.3 Å². The zero-order chi connectivity index (χ0) is 36.1. The molecule has 8 rings (SSSR count). The van der Waals surface area contributed by atoms with Gasteiger partial charge in [-0.25, -0.2) is 44.8 Å². The molecular weight excluding hydrogens is 640 g/mol. The number of amides is 2. The van der Waals surface area contributed by atoms with Crippen LogP contribution < -0.4 is 9.80 Å². The molecule has 0 aliphatic carbocycles. The molecular formula is C39H36N10O2. The number of fused-ring (bicyclic) bond motifs is 2. The van der Waals surface area contributed by atoms with Crippen LogP contribution in [0.5, 0.6) is 0 Å². The third-order valence-corrected chi connectivity index (χ3v) is 9.41. The molecule has 0 atom stereocenters. The molecule has 12 nitrogen and oxygen atoms in total. The number of hydrogen-bond donors (Lipinski definition) is 0. The van der Waals surface area contributed by atoms with Gasteiger partial charge in [-0.3, -0.25) is 14.5 Å². The first-order valence-electron chi connectivity index (χ1n) is 16.5. The molecule has 0 saturated carbocycles. The molecule has 2 aliphatic rings. The van der Waals surface area contributed by atoms with E-state index in [0.717, 1.165) is 62.1 Å². The predicted molar refractivity (Wildman–Crippen MR) is 194 cm³/mol. The summed E-state index contributed by atoms with van der Waals surface area (Å²) in [4.78, 5) is 63.4. The predicted octanol–water partition coefficient (Wildman–Crippen LogP) is 6.70. The van der Waals surface area contributed by atoms with Gasteiger partial charge in [-0.1, -0.05) is 24.3 Å². The Morgan fingerprint density at radius 1 is 0.529 bits per heavy atom. The van der Waals surface area contributed by atoms with E-state index in [9.17, 15) is 9.59 Å². The Balaban J connectivity index is 0.000000159. The van der Waals surface area contributed by atoms with Gasteiger partial charge in [0.25, 0.3) is 0 Å². The zero-order valence-corrected chi connectivity index (χ0v) is 29.4. The summed E-state index contributed by atoms with van der Waals surface area (Å²) < 4.78 is 0. The summed E-state index contributed by atoms with van der Waals surface area (Å²) >= 11 is 0. The third-order valence-electron chi connectivity index (χ3n) is 9.41. The minimum absolute atomic E-state index is 0.0164. The molecule has 254 valence electrons. The van der Waals surface area contributed by atoms with Crippen LogP contribution in [0.2, 0.25) is 0 Å². The smallest absolute Gasteiger partial charge is 0.244 e. The number of anilines is 4. The maximum Gasteiger partial charge on any atom is 0.244 e. The van der Waals surface area contributed by atoms with E-state index in [-0.39, 0.29) is 11.8 Å². The van der Waals surface area contributed by atoms with Gasteiger partial charge in [-0.15, -0.1) is 0 Å². The van der Waals surface area contributed by atoms with E-state index in [1.165, 1.54) is 6.33 Å². The number of aromatic nitrogens is 8. The molecule has 0 spiro atoms.